The summed E-state index contributed by atoms with van der Waals surface area (Å²) in [7, 11) is 2.17. The van der Waals surface area contributed by atoms with E-state index in [2.05, 4.69) is 32.7 Å². The van der Waals surface area contributed by atoms with E-state index in [4.69, 9.17) is 0 Å². The summed E-state index contributed by atoms with van der Waals surface area (Å²) in [5, 5.41) is 10.1. The van der Waals surface area contributed by atoms with Gasteiger partial charge in [-0.2, -0.15) is 0 Å². The van der Waals surface area contributed by atoms with Crippen molar-refractivity contribution in [1.82, 2.24) is 4.90 Å². The van der Waals surface area contributed by atoms with Crippen LogP contribution in [0.1, 0.15) is 52.9 Å². The second kappa shape index (κ2) is 5.86. The highest BCUT2D eigenvalue weighted by molar-refractivity contribution is 4.86. The maximum absolute atomic E-state index is 10.1. The van der Waals surface area contributed by atoms with E-state index in [9.17, 15) is 5.11 Å². The van der Waals surface area contributed by atoms with Gasteiger partial charge in [0.2, 0.25) is 0 Å². The molecule has 1 aliphatic carbocycles. The molecular formula is C13H27NO. The van der Waals surface area contributed by atoms with Crippen molar-refractivity contribution in [1.29, 1.82) is 0 Å². The molecule has 0 aromatic rings. The monoisotopic (exact) mass is 213 g/mol. The van der Waals surface area contributed by atoms with Gasteiger partial charge in [0.15, 0.2) is 0 Å². The Hall–Kier alpha value is -0.0800. The van der Waals surface area contributed by atoms with E-state index >= 15 is 0 Å². The molecule has 4 atom stereocenters. The Labute approximate surface area is 94.7 Å². The summed E-state index contributed by atoms with van der Waals surface area (Å²) in [6.07, 6.45) is 5.70. The molecular weight excluding hydrogens is 186 g/mol. The van der Waals surface area contributed by atoms with Gasteiger partial charge in [0.1, 0.15) is 0 Å². The van der Waals surface area contributed by atoms with Crippen molar-refractivity contribution in [2.24, 2.45) is 5.92 Å². The smallest absolute Gasteiger partial charge is 0.0695 e. The van der Waals surface area contributed by atoms with Gasteiger partial charge in [0.05, 0.1) is 6.10 Å². The largest absolute Gasteiger partial charge is 0.391 e. The molecule has 1 N–H and O–H groups in total. The van der Waals surface area contributed by atoms with Crippen molar-refractivity contribution in [3.8, 4) is 0 Å². The van der Waals surface area contributed by atoms with Crippen LogP contribution >= 0.6 is 0 Å². The van der Waals surface area contributed by atoms with E-state index in [1.807, 2.05) is 0 Å². The molecule has 1 fully saturated rings. The minimum absolute atomic E-state index is 0.105. The molecule has 15 heavy (non-hydrogen) atoms. The van der Waals surface area contributed by atoms with Gasteiger partial charge >= 0.3 is 0 Å². The first-order chi connectivity index (χ1) is 7.10. The molecule has 0 bridgehead atoms. The fourth-order valence-electron chi connectivity index (χ4n) is 2.64. The molecule has 1 rings (SSSR count). The van der Waals surface area contributed by atoms with Crippen LogP contribution in [-0.4, -0.2) is 35.2 Å². The van der Waals surface area contributed by atoms with E-state index in [-0.39, 0.29) is 6.10 Å². The van der Waals surface area contributed by atoms with Crippen LogP contribution in [0.25, 0.3) is 0 Å². The van der Waals surface area contributed by atoms with Crippen LogP contribution < -0.4 is 0 Å². The lowest BCUT2D eigenvalue weighted by molar-refractivity contribution is -0.00159. The Morgan fingerprint density at radius 1 is 1.33 bits per heavy atom. The minimum Gasteiger partial charge on any atom is -0.391 e. The zero-order chi connectivity index (χ0) is 11.4. The van der Waals surface area contributed by atoms with Gasteiger partial charge in [-0.3, -0.25) is 4.90 Å². The van der Waals surface area contributed by atoms with Crippen molar-refractivity contribution < 1.29 is 5.11 Å². The van der Waals surface area contributed by atoms with Gasteiger partial charge in [-0.05, 0) is 45.6 Å². The summed E-state index contributed by atoms with van der Waals surface area (Å²) >= 11 is 0. The van der Waals surface area contributed by atoms with Crippen molar-refractivity contribution in [3.63, 3.8) is 0 Å². The molecule has 0 aliphatic heterocycles. The van der Waals surface area contributed by atoms with Crippen LogP contribution in [-0.2, 0) is 0 Å². The SMILES string of the molecule is CCC1CCC(O)C(N(C)C(C)CC)C1. The van der Waals surface area contributed by atoms with Gasteiger partial charge in [0, 0.05) is 12.1 Å². The van der Waals surface area contributed by atoms with Crippen LogP contribution in [0.2, 0.25) is 0 Å². The Morgan fingerprint density at radius 3 is 2.53 bits per heavy atom. The molecule has 0 heterocycles. The zero-order valence-corrected chi connectivity index (χ0v) is 10.7. The van der Waals surface area contributed by atoms with Crippen LogP contribution in [0, 0.1) is 5.92 Å². The third-order valence-electron chi connectivity index (χ3n) is 4.28. The molecule has 0 radical (unpaired) electrons. The molecule has 0 saturated heterocycles. The lowest BCUT2D eigenvalue weighted by Gasteiger charge is -2.41. The molecule has 1 saturated carbocycles. The quantitative estimate of drug-likeness (QED) is 0.776. The summed E-state index contributed by atoms with van der Waals surface area (Å²) < 4.78 is 0. The van der Waals surface area contributed by atoms with Crippen molar-refractivity contribution >= 4 is 0 Å². The summed E-state index contributed by atoms with van der Waals surface area (Å²) in [5.41, 5.74) is 0. The summed E-state index contributed by atoms with van der Waals surface area (Å²) in [6.45, 7) is 6.73. The summed E-state index contributed by atoms with van der Waals surface area (Å²) in [5.74, 6) is 0.824. The van der Waals surface area contributed by atoms with E-state index < -0.39 is 0 Å². The maximum atomic E-state index is 10.1. The fraction of sp³-hybridized carbons (Fsp3) is 1.00. The normalized spacial score (nSPS) is 34.4. The Balaban J connectivity index is 2.56. The molecule has 0 amide bonds. The summed E-state index contributed by atoms with van der Waals surface area (Å²) in [4.78, 5) is 2.38. The second-order valence-electron chi connectivity index (χ2n) is 5.14. The van der Waals surface area contributed by atoms with Gasteiger partial charge in [0.25, 0.3) is 0 Å². The third kappa shape index (κ3) is 3.18. The molecule has 0 aromatic carbocycles. The van der Waals surface area contributed by atoms with E-state index in [0.29, 0.717) is 12.1 Å². The lowest BCUT2D eigenvalue weighted by atomic mass is 9.81. The van der Waals surface area contributed by atoms with Crippen molar-refractivity contribution in [2.75, 3.05) is 7.05 Å². The van der Waals surface area contributed by atoms with Crippen LogP contribution in [0.4, 0.5) is 0 Å². The molecule has 2 nitrogen and oxygen atoms in total. The third-order valence-corrected chi connectivity index (χ3v) is 4.28. The number of hydrogen-bond acceptors (Lipinski definition) is 2. The molecule has 2 heteroatoms. The van der Waals surface area contributed by atoms with Gasteiger partial charge < -0.3 is 5.11 Å². The van der Waals surface area contributed by atoms with Crippen molar-refractivity contribution in [3.05, 3.63) is 0 Å². The number of likely N-dealkylation sites (N-methyl/N-ethyl adjacent to an activating group) is 1. The first-order valence-corrected chi connectivity index (χ1v) is 6.50. The second-order valence-corrected chi connectivity index (χ2v) is 5.14. The van der Waals surface area contributed by atoms with Crippen LogP contribution in [0.15, 0.2) is 0 Å². The van der Waals surface area contributed by atoms with Crippen LogP contribution in [0.3, 0.4) is 0 Å². The number of hydrogen-bond donors (Lipinski definition) is 1. The zero-order valence-electron chi connectivity index (χ0n) is 10.7. The standard InChI is InChI=1S/C13H27NO/c1-5-10(3)14(4)12-9-11(6-2)7-8-13(12)15/h10-13,15H,5-9H2,1-4H3. The molecule has 1 aliphatic rings. The van der Waals surface area contributed by atoms with Gasteiger partial charge in [-0.25, -0.2) is 0 Å². The average Bonchev–Trinajstić information content (AvgIpc) is 2.27. The highest BCUT2D eigenvalue weighted by Crippen LogP contribution is 2.30. The average molecular weight is 213 g/mol. The Kier molecular flexibility index (Phi) is 5.07. The topological polar surface area (TPSA) is 23.5 Å². The predicted octanol–water partition coefficient (Wildman–Crippen LogP) is 2.66. The van der Waals surface area contributed by atoms with E-state index in [1.165, 1.54) is 19.3 Å². The first kappa shape index (κ1) is 13.0. The molecule has 0 aromatic heterocycles. The first-order valence-electron chi connectivity index (χ1n) is 6.50. The predicted molar refractivity (Wildman–Crippen MR) is 64.9 cm³/mol. The number of aliphatic hydroxyl groups excluding tert-OH is 1. The summed E-state index contributed by atoms with van der Waals surface area (Å²) in [6, 6.07) is 0.971. The van der Waals surface area contributed by atoms with Gasteiger partial charge in [-0.15, -0.1) is 0 Å². The van der Waals surface area contributed by atoms with Crippen molar-refractivity contribution in [2.45, 2.75) is 71.1 Å². The molecule has 90 valence electrons. The Morgan fingerprint density at radius 2 is 2.00 bits per heavy atom. The van der Waals surface area contributed by atoms with Crippen LogP contribution in [0.5, 0.6) is 0 Å². The molecule has 4 unspecified atom stereocenters. The number of nitrogens with zero attached hydrogens (tertiary/aromatic N) is 1. The van der Waals surface area contributed by atoms with E-state index in [0.717, 1.165) is 18.8 Å². The maximum Gasteiger partial charge on any atom is 0.0695 e. The lowest BCUT2D eigenvalue weighted by Crippen LogP contribution is -2.48. The number of aliphatic hydroxyl groups is 1. The minimum atomic E-state index is -0.105. The van der Waals surface area contributed by atoms with E-state index in [1.54, 1.807) is 0 Å². The fourth-order valence-corrected chi connectivity index (χ4v) is 2.64. The Bertz CT molecular complexity index is 181. The highest BCUT2D eigenvalue weighted by atomic mass is 16.3. The number of rotatable bonds is 4. The molecule has 0 spiro atoms. The highest BCUT2D eigenvalue weighted by Gasteiger charge is 2.32. The van der Waals surface area contributed by atoms with Gasteiger partial charge in [-0.1, -0.05) is 20.3 Å².